The van der Waals surface area contributed by atoms with Crippen molar-refractivity contribution in [1.82, 2.24) is 5.32 Å². The molecule has 0 radical (unpaired) electrons. The largest absolute Gasteiger partial charge is 0.394 e. The van der Waals surface area contributed by atoms with Gasteiger partial charge in [-0.1, -0.05) is 124 Å². The number of carbonyl (C=O) groups is 1. The number of carbonyl (C=O) groups excluding carboxylic acids is 1. The third kappa shape index (κ3) is 23.3. The second-order valence-electron chi connectivity index (χ2n) is 12.6. The molecular formula is C42H67NO8. The number of nitrogens with one attached hydrogen (secondary N) is 1. The van der Waals surface area contributed by atoms with Gasteiger partial charge in [-0.05, 0) is 70.6 Å². The molecule has 1 fully saturated rings. The molecule has 6 N–H and O–H groups in total. The lowest BCUT2D eigenvalue weighted by Crippen LogP contribution is -2.60. The van der Waals surface area contributed by atoms with Crippen LogP contribution in [-0.2, 0) is 14.3 Å². The Kier molecular flexibility index (Phi) is 28.8. The van der Waals surface area contributed by atoms with Gasteiger partial charge in [-0.2, -0.15) is 0 Å². The fourth-order valence-corrected chi connectivity index (χ4v) is 5.07. The highest BCUT2D eigenvalue weighted by atomic mass is 16.7. The van der Waals surface area contributed by atoms with Crippen LogP contribution in [0.4, 0.5) is 0 Å². The lowest BCUT2D eigenvalue weighted by molar-refractivity contribution is -0.302. The molecule has 1 rings (SSSR count). The van der Waals surface area contributed by atoms with Crippen molar-refractivity contribution in [1.29, 1.82) is 0 Å². The van der Waals surface area contributed by atoms with E-state index in [9.17, 15) is 30.3 Å². The zero-order chi connectivity index (χ0) is 37.4. The van der Waals surface area contributed by atoms with Crippen molar-refractivity contribution in [2.75, 3.05) is 13.2 Å². The Balaban J connectivity index is 2.51. The molecule has 288 valence electrons. The number of hydrogen-bond acceptors (Lipinski definition) is 8. The number of ether oxygens (including phenoxy) is 2. The first-order chi connectivity index (χ1) is 24.8. The Morgan fingerprint density at radius 1 is 0.686 bits per heavy atom. The number of aliphatic hydroxyl groups is 5. The highest BCUT2D eigenvalue weighted by molar-refractivity contribution is 5.76. The van der Waals surface area contributed by atoms with Crippen LogP contribution in [0, 0.1) is 0 Å². The molecule has 0 bridgehead atoms. The Morgan fingerprint density at radius 3 is 1.78 bits per heavy atom. The minimum atomic E-state index is -1.59. The first-order valence-corrected chi connectivity index (χ1v) is 19.0. The van der Waals surface area contributed by atoms with Crippen molar-refractivity contribution in [3.8, 4) is 0 Å². The molecule has 0 aliphatic carbocycles. The van der Waals surface area contributed by atoms with E-state index in [-0.39, 0.29) is 18.9 Å². The SMILES string of the molecule is CC/C=C\C/C=C\C/C=C\C/C=C\C/C=C\C/C=C\CCC(=O)NC(COC1OC(CO)C(O)C(O)C1O)C(O)/C=C/CC/C=C/CCCCC. The Hall–Kier alpha value is -2.89. The number of aliphatic hydroxyl groups excluding tert-OH is 5. The predicted molar refractivity (Wildman–Crippen MR) is 207 cm³/mol. The number of rotatable bonds is 28. The first kappa shape index (κ1) is 46.1. The molecule has 51 heavy (non-hydrogen) atoms. The smallest absolute Gasteiger partial charge is 0.220 e. The number of hydrogen-bond donors (Lipinski definition) is 6. The van der Waals surface area contributed by atoms with Crippen LogP contribution in [-0.4, -0.2) is 87.5 Å². The second kappa shape index (κ2) is 31.8. The Morgan fingerprint density at radius 2 is 1.22 bits per heavy atom. The fourth-order valence-electron chi connectivity index (χ4n) is 5.07. The summed E-state index contributed by atoms with van der Waals surface area (Å²) in [6, 6.07) is -0.865. The summed E-state index contributed by atoms with van der Waals surface area (Å²) in [6.07, 6.45) is 37.6. The zero-order valence-electron chi connectivity index (χ0n) is 31.1. The van der Waals surface area contributed by atoms with E-state index in [0.29, 0.717) is 6.42 Å². The molecular weight excluding hydrogens is 646 g/mol. The lowest BCUT2D eigenvalue weighted by atomic mass is 9.99. The van der Waals surface area contributed by atoms with E-state index < -0.39 is 49.5 Å². The van der Waals surface area contributed by atoms with Crippen molar-refractivity contribution in [3.63, 3.8) is 0 Å². The van der Waals surface area contributed by atoms with Crippen molar-refractivity contribution < 1.29 is 39.8 Å². The van der Waals surface area contributed by atoms with Gasteiger partial charge in [-0.25, -0.2) is 0 Å². The van der Waals surface area contributed by atoms with Crippen molar-refractivity contribution in [2.24, 2.45) is 0 Å². The third-order valence-electron chi connectivity index (χ3n) is 8.16. The van der Waals surface area contributed by atoms with Gasteiger partial charge in [0, 0.05) is 6.42 Å². The molecule has 1 saturated heterocycles. The molecule has 0 aromatic heterocycles. The normalized spacial score (nSPS) is 23.2. The second-order valence-corrected chi connectivity index (χ2v) is 12.6. The molecule has 9 nitrogen and oxygen atoms in total. The van der Waals surface area contributed by atoms with Crippen LogP contribution in [0.1, 0.15) is 104 Å². The molecule has 0 aromatic carbocycles. The van der Waals surface area contributed by atoms with Gasteiger partial charge in [0.15, 0.2) is 6.29 Å². The van der Waals surface area contributed by atoms with Gasteiger partial charge >= 0.3 is 0 Å². The van der Waals surface area contributed by atoms with Crippen molar-refractivity contribution in [2.45, 2.75) is 147 Å². The molecule has 0 saturated carbocycles. The number of allylic oxidation sites excluding steroid dienone is 15. The highest BCUT2D eigenvalue weighted by Crippen LogP contribution is 2.22. The molecule has 7 unspecified atom stereocenters. The van der Waals surface area contributed by atoms with Gasteiger partial charge < -0.3 is 40.3 Å². The van der Waals surface area contributed by atoms with Gasteiger partial charge in [0.25, 0.3) is 0 Å². The van der Waals surface area contributed by atoms with Crippen LogP contribution < -0.4 is 5.32 Å². The maximum absolute atomic E-state index is 12.8. The van der Waals surface area contributed by atoms with Crippen LogP contribution in [0.2, 0.25) is 0 Å². The molecule has 1 amide bonds. The maximum atomic E-state index is 12.8. The van der Waals surface area contributed by atoms with Gasteiger partial charge in [-0.15, -0.1) is 0 Å². The molecule has 9 heteroatoms. The van der Waals surface area contributed by atoms with Gasteiger partial charge in [-0.3, -0.25) is 4.79 Å². The lowest BCUT2D eigenvalue weighted by Gasteiger charge is -2.40. The van der Waals surface area contributed by atoms with E-state index in [1.165, 1.54) is 19.3 Å². The predicted octanol–water partition coefficient (Wildman–Crippen LogP) is 6.60. The third-order valence-corrected chi connectivity index (χ3v) is 8.16. The standard InChI is InChI=1S/C42H67NO8/c1-3-5-7-9-11-13-14-15-16-17-18-19-20-21-22-24-26-28-30-32-38(46)43-35(36(45)31-29-27-25-23-12-10-8-6-4-2)34-50-42-41(49)40(48)39(47)37(33-44)51-42/h5,7,11-13,15-16,18-19,21-23,26,28-29,31,35-37,39-42,44-45,47-49H,3-4,6,8-10,14,17,20,24-25,27,30,32-34H2,1-2H3,(H,43,46)/b7-5-,13-11-,16-15-,19-18-,22-21-,23-12+,28-26-,31-29+. The average Bonchev–Trinajstić information content (AvgIpc) is 3.13. The Labute approximate surface area is 307 Å². The highest BCUT2D eigenvalue weighted by Gasteiger charge is 2.44. The fraction of sp³-hybridized carbons (Fsp3) is 0.595. The van der Waals surface area contributed by atoms with E-state index in [0.717, 1.165) is 57.8 Å². The average molecular weight is 714 g/mol. The summed E-state index contributed by atoms with van der Waals surface area (Å²) in [7, 11) is 0. The summed E-state index contributed by atoms with van der Waals surface area (Å²) in [6.45, 7) is 3.49. The van der Waals surface area contributed by atoms with Crippen LogP contribution in [0.25, 0.3) is 0 Å². The van der Waals surface area contributed by atoms with Crippen LogP contribution in [0.5, 0.6) is 0 Å². The molecule has 7 atom stereocenters. The van der Waals surface area contributed by atoms with Gasteiger partial charge in [0.05, 0.1) is 25.4 Å². The summed E-state index contributed by atoms with van der Waals surface area (Å²) < 4.78 is 11.1. The molecule has 0 spiro atoms. The van der Waals surface area contributed by atoms with E-state index in [1.54, 1.807) is 6.08 Å². The first-order valence-electron chi connectivity index (χ1n) is 19.0. The summed E-state index contributed by atoms with van der Waals surface area (Å²) in [5.41, 5.74) is 0. The maximum Gasteiger partial charge on any atom is 0.220 e. The monoisotopic (exact) mass is 713 g/mol. The zero-order valence-corrected chi connectivity index (χ0v) is 31.1. The van der Waals surface area contributed by atoms with E-state index in [4.69, 9.17) is 9.47 Å². The van der Waals surface area contributed by atoms with Crippen LogP contribution in [0.15, 0.2) is 97.2 Å². The summed E-state index contributed by atoms with van der Waals surface area (Å²) in [4.78, 5) is 12.8. The Bertz CT molecular complexity index is 1110. The number of unbranched alkanes of at least 4 members (excludes halogenated alkanes) is 4. The topological polar surface area (TPSA) is 149 Å². The summed E-state index contributed by atoms with van der Waals surface area (Å²) >= 11 is 0. The van der Waals surface area contributed by atoms with Crippen molar-refractivity contribution in [3.05, 3.63) is 97.2 Å². The quantitative estimate of drug-likeness (QED) is 0.0393. The van der Waals surface area contributed by atoms with Crippen molar-refractivity contribution >= 4 is 5.91 Å². The minimum absolute atomic E-state index is 0.206. The molecule has 1 heterocycles. The van der Waals surface area contributed by atoms with Crippen LogP contribution >= 0.6 is 0 Å². The van der Waals surface area contributed by atoms with Gasteiger partial charge in [0.2, 0.25) is 5.91 Å². The van der Waals surface area contributed by atoms with Crippen LogP contribution in [0.3, 0.4) is 0 Å². The number of amides is 1. The molecule has 1 aliphatic rings. The van der Waals surface area contributed by atoms with Gasteiger partial charge in [0.1, 0.15) is 24.4 Å². The summed E-state index contributed by atoms with van der Waals surface area (Å²) in [5.74, 6) is -0.278. The molecule has 1 aliphatic heterocycles. The minimum Gasteiger partial charge on any atom is -0.394 e. The van der Waals surface area contributed by atoms with E-state index in [2.05, 4.69) is 92.1 Å². The van der Waals surface area contributed by atoms with E-state index in [1.807, 2.05) is 18.2 Å². The summed E-state index contributed by atoms with van der Waals surface area (Å²) in [5, 5.41) is 53.7. The van der Waals surface area contributed by atoms with E-state index >= 15 is 0 Å². The molecule has 0 aromatic rings.